The van der Waals surface area contributed by atoms with Crippen LogP contribution < -0.4 is 20.9 Å². The van der Waals surface area contributed by atoms with Crippen LogP contribution in [0.25, 0.3) is 11.8 Å². The minimum atomic E-state index is 0.268. The molecule has 5 nitrogen and oxygen atoms in total. The molecule has 0 fully saturated rings. The van der Waals surface area contributed by atoms with Gasteiger partial charge in [-0.05, 0) is 29.8 Å². The van der Waals surface area contributed by atoms with Crippen LogP contribution in [0, 0.1) is 23.2 Å². The first-order chi connectivity index (χ1) is 10.7. The van der Waals surface area contributed by atoms with Crippen molar-refractivity contribution in [1.29, 1.82) is 5.26 Å². The van der Waals surface area contributed by atoms with Crippen LogP contribution in [0.3, 0.4) is 0 Å². The molecule has 22 heavy (non-hydrogen) atoms. The third kappa shape index (κ3) is 2.11. The fourth-order valence-corrected chi connectivity index (χ4v) is 2.59. The monoisotopic (exact) mass is 290 g/mol. The molecule has 0 bridgehead atoms. The van der Waals surface area contributed by atoms with Gasteiger partial charge in [-0.25, -0.2) is 0 Å². The molecule has 0 unspecified atom stereocenters. The van der Waals surface area contributed by atoms with Crippen LogP contribution in [-0.4, -0.2) is 7.05 Å². The van der Waals surface area contributed by atoms with Crippen LogP contribution in [0.2, 0.25) is 0 Å². The highest BCUT2D eigenvalue weighted by atomic mass is 16.3. The van der Waals surface area contributed by atoms with Crippen molar-refractivity contribution in [3.63, 3.8) is 0 Å². The molecule has 3 rings (SSSR count). The first-order valence-corrected chi connectivity index (χ1v) is 6.83. The van der Waals surface area contributed by atoms with Crippen molar-refractivity contribution in [2.24, 2.45) is 5.18 Å². The van der Waals surface area contributed by atoms with Gasteiger partial charge in [0.2, 0.25) is 0 Å². The number of nitriles is 1. The average Bonchev–Trinajstić information content (AvgIpc) is 2.91. The summed E-state index contributed by atoms with van der Waals surface area (Å²) in [5, 5.41) is 15.9. The predicted octanol–water partition coefficient (Wildman–Crippen LogP) is 1.81. The lowest BCUT2D eigenvalue weighted by Crippen LogP contribution is -2.30. The Morgan fingerprint density at radius 2 is 1.95 bits per heavy atom. The number of hydrogen-bond acceptors (Lipinski definition) is 5. The molecule has 0 atom stereocenters. The third-order valence-corrected chi connectivity index (χ3v) is 3.76. The number of nitroso groups, excluding NO2 is 1. The molecule has 108 valence electrons. The minimum absolute atomic E-state index is 0.268. The lowest BCUT2D eigenvalue weighted by molar-refractivity contribution is 0.902. The van der Waals surface area contributed by atoms with Crippen LogP contribution >= 0.6 is 0 Å². The maximum Gasteiger partial charge on any atom is 0.117 e. The van der Waals surface area contributed by atoms with Crippen molar-refractivity contribution in [2.75, 3.05) is 12.1 Å². The van der Waals surface area contributed by atoms with E-state index in [2.05, 4.69) is 16.7 Å². The predicted molar refractivity (Wildman–Crippen MR) is 86.5 cm³/mol. The Bertz CT molecular complexity index is 907. The number of rotatable bonds is 2. The first-order valence-electron chi connectivity index (χ1n) is 6.83. The van der Waals surface area contributed by atoms with Gasteiger partial charge in [0.05, 0.1) is 11.3 Å². The van der Waals surface area contributed by atoms with Crippen molar-refractivity contribution in [2.45, 2.75) is 6.92 Å². The molecule has 1 heterocycles. The average molecular weight is 290 g/mol. The van der Waals surface area contributed by atoms with E-state index in [1.807, 2.05) is 49.3 Å². The van der Waals surface area contributed by atoms with Gasteiger partial charge in [0.1, 0.15) is 11.8 Å². The molecule has 1 aliphatic heterocycles. The number of benzene rings is 2. The van der Waals surface area contributed by atoms with E-state index in [9.17, 15) is 10.2 Å². The van der Waals surface area contributed by atoms with Crippen LogP contribution in [0.15, 0.2) is 41.6 Å². The molecule has 2 aromatic carbocycles. The van der Waals surface area contributed by atoms with Gasteiger partial charge in [-0.2, -0.15) is 5.26 Å². The topological polar surface area (TPSA) is 68.5 Å². The minimum Gasteiger partial charge on any atom is -0.305 e. The second kappa shape index (κ2) is 5.34. The summed E-state index contributed by atoms with van der Waals surface area (Å²) in [5.41, 5.74) is 6.56. The quantitative estimate of drug-likeness (QED) is 0.856. The Labute approximate surface area is 127 Å². The fourth-order valence-electron chi connectivity index (χ4n) is 2.59. The number of hydrogen-bond donors (Lipinski definition) is 1. The van der Waals surface area contributed by atoms with Crippen LogP contribution in [0.4, 0.5) is 11.4 Å². The van der Waals surface area contributed by atoms with Gasteiger partial charge in [-0.1, -0.05) is 29.8 Å². The lowest BCUT2D eigenvalue weighted by atomic mass is 10.0. The molecule has 0 saturated carbocycles. The summed E-state index contributed by atoms with van der Waals surface area (Å²) < 4.78 is 0. The number of nitrogens with one attached hydrogen (secondary N) is 1. The molecule has 1 aliphatic rings. The highest BCUT2D eigenvalue weighted by Gasteiger charge is 2.15. The molecule has 0 spiro atoms. The van der Waals surface area contributed by atoms with Crippen molar-refractivity contribution in [3.8, 4) is 6.07 Å². The molecule has 0 aromatic heterocycles. The molecule has 5 heteroatoms. The molecule has 1 N–H and O–H groups in total. The summed E-state index contributed by atoms with van der Waals surface area (Å²) in [4.78, 5) is 11.2. The highest BCUT2D eigenvalue weighted by molar-refractivity contribution is 5.80. The van der Waals surface area contributed by atoms with Crippen LogP contribution in [0.1, 0.15) is 11.1 Å². The van der Waals surface area contributed by atoms with Gasteiger partial charge < -0.3 is 5.43 Å². The Kier molecular flexibility index (Phi) is 3.36. The van der Waals surface area contributed by atoms with Crippen LogP contribution in [0.5, 0.6) is 0 Å². The summed E-state index contributed by atoms with van der Waals surface area (Å²) in [7, 11) is 1.87. The number of anilines is 1. The van der Waals surface area contributed by atoms with Gasteiger partial charge in [0, 0.05) is 23.7 Å². The molecule has 0 aliphatic carbocycles. The van der Waals surface area contributed by atoms with E-state index in [4.69, 9.17) is 0 Å². The highest BCUT2D eigenvalue weighted by Crippen LogP contribution is 2.16. The maximum atomic E-state index is 11.2. The van der Waals surface area contributed by atoms with E-state index in [0.29, 0.717) is 10.8 Å². The zero-order valence-corrected chi connectivity index (χ0v) is 12.3. The van der Waals surface area contributed by atoms with E-state index < -0.39 is 0 Å². The van der Waals surface area contributed by atoms with E-state index in [1.54, 1.807) is 12.3 Å². The Hall–Kier alpha value is -3.13. The van der Waals surface area contributed by atoms with Gasteiger partial charge in [-0.3, -0.25) is 5.01 Å². The van der Waals surface area contributed by atoms with Gasteiger partial charge >= 0.3 is 0 Å². The standard InChI is InChI=1S/C17H14N4O/c1-11-3-5-12(6-4-11)13(9-18)17-14-10-19-21(2)16(14)8-7-15(17)20-22/h3-8,10,19H,1-2H3/b17-13+. The molecule has 0 amide bonds. The van der Waals surface area contributed by atoms with E-state index in [0.717, 1.165) is 22.0 Å². The Balaban J connectivity index is 2.45. The summed E-state index contributed by atoms with van der Waals surface area (Å²) in [6, 6.07) is 13.3. The van der Waals surface area contributed by atoms with Crippen molar-refractivity contribution >= 4 is 23.1 Å². The summed E-state index contributed by atoms with van der Waals surface area (Å²) in [6.07, 6.45) is 1.78. The Morgan fingerprint density at radius 1 is 1.23 bits per heavy atom. The third-order valence-electron chi connectivity index (χ3n) is 3.76. The molecule has 2 aromatic rings. The van der Waals surface area contributed by atoms with Gasteiger partial charge in [0.15, 0.2) is 0 Å². The normalized spacial score (nSPS) is 13.6. The van der Waals surface area contributed by atoms with Gasteiger partial charge in [-0.15, -0.1) is 4.91 Å². The first kappa shape index (κ1) is 13.8. The maximum absolute atomic E-state index is 11.2. The van der Waals surface area contributed by atoms with Crippen molar-refractivity contribution in [1.82, 2.24) is 5.43 Å². The SMILES string of the molecule is Cc1ccc(/C(C#N)=c2/c(N=O)ccc3c2=CNN3C)cc1. The lowest BCUT2D eigenvalue weighted by Gasteiger charge is -2.13. The molecular formula is C17H14N4O. The van der Waals surface area contributed by atoms with E-state index in [1.165, 1.54) is 0 Å². The second-order valence-corrected chi connectivity index (χ2v) is 5.17. The molecule has 0 saturated heterocycles. The second-order valence-electron chi connectivity index (χ2n) is 5.17. The Morgan fingerprint density at radius 3 is 2.59 bits per heavy atom. The number of hydrazine groups is 1. The van der Waals surface area contributed by atoms with Crippen molar-refractivity contribution in [3.05, 3.63) is 62.9 Å². The summed E-state index contributed by atoms with van der Waals surface area (Å²) >= 11 is 0. The number of fused-ring (bicyclic) bond motifs is 1. The van der Waals surface area contributed by atoms with Crippen molar-refractivity contribution < 1.29 is 0 Å². The van der Waals surface area contributed by atoms with Gasteiger partial charge in [0.25, 0.3) is 0 Å². The zero-order valence-electron chi connectivity index (χ0n) is 12.3. The summed E-state index contributed by atoms with van der Waals surface area (Å²) in [5.74, 6) is 0. The van der Waals surface area contributed by atoms with Crippen LogP contribution in [-0.2, 0) is 0 Å². The zero-order chi connectivity index (χ0) is 15.7. The molecule has 0 radical (unpaired) electrons. The van der Waals surface area contributed by atoms with E-state index >= 15 is 0 Å². The fraction of sp³-hybridized carbons (Fsp3) is 0.118. The summed E-state index contributed by atoms with van der Waals surface area (Å²) in [6.45, 7) is 1.99. The largest absolute Gasteiger partial charge is 0.305 e. The smallest absolute Gasteiger partial charge is 0.117 e. The molecular weight excluding hydrogens is 276 g/mol. The van der Waals surface area contributed by atoms with E-state index in [-0.39, 0.29) is 5.69 Å². The number of aryl methyl sites for hydroxylation is 1. The number of nitrogens with zero attached hydrogens (tertiary/aromatic N) is 3.